The molecule has 0 fully saturated rings. The minimum absolute atomic E-state index is 0.464. The number of nitrogens with one attached hydrogen (secondary N) is 1. The highest BCUT2D eigenvalue weighted by atomic mass is 35.5. The molecule has 0 amide bonds. The first-order chi connectivity index (χ1) is 9.19. The topological polar surface area (TPSA) is 47.0 Å². The third-order valence-electron chi connectivity index (χ3n) is 2.52. The summed E-state index contributed by atoms with van der Waals surface area (Å²) in [5.74, 6) is 1.91. The van der Waals surface area contributed by atoms with E-state index in [0.717, 1.165) is 24.3 Å². The minimum Gasteiger partial charge on any atom is -0.437 e. The summed E-state index contributed by atoms with van der Waals surface area (Å²) in [7, 11) is 0. The van der Waals surface area contributed by atoms with Crippen LogP contribution in [0, 0.1) is 6.92 Å². The monoisotopic (exact) mass is 277 g/mol. The fourth-order valence-corrected chi connectivity index (χ4v) is 1.80. The van der Waals surface area contributed by atoms with Crippen LogP contribution in [0.4, 0.5) is 5.82 Å². The number of anilines is 1. The zero-order chi connectivity index (χ0) is 13.7. The molecule has 0 spiro atoms. The number of aryl methyl sites for hydroxylation is 1. The highest BCUT2D eigenvalue weighted by Crippen LogP contribution is 2.26. The lowest BCUT2D eigenvalue weighted by molar-refractivity contribution is 0.457. The molecule has 0 aliphatic heterocycles. The average Bonchev–Trinajstić information content (AvgIpc) is 2.40. The second-order valence-electron chi connectivity index (χ2n) is 4.18. The first-order valence-electron chi connectivity index (χ1n) is 6.19. The number of ether oxygens (including phenoxy) is 1. The quantitative estimate of drug-likeness (QED) is 0.895. The smallest absolute Gasteiger partial charge is 0.239 e. The van der Waals surface area contributed by atoms with E-state index in [2.05, 4.69) is 22.2 Å². The van der Waals surface area contributed by atoms with E-state index in [1.165, 1.54) is 0 Å². The van der Waals surface area contributed by atoms with Gasteiger partial charge in [-0.1, -0.05) is 18.5 Å². The third-order valence-corrected chi connectivity index (χ3v) is 2.76. The van der Waals surface area contributed by atoms with Gasteiger partial charge in [-0.2, -0.15) is 4.98 Å². The van der Waals surface area contributed by atoms with Crippen LogP contribution in [0.3, 0.4) is 0 Å². The summed E-state index contributed by atoms with van der Waals surface area (Å²) in [6, 6.07) is 5.46. The van der Waals surface area contributed by atoms with Crippen molar-refractivity contribution in [1.29, 1.82) is 0 Å². The Balaban J connectivity index is 2.14. The Morgan fingerprint density at radius 3 is 2.89 bits per heavy atom. The van der Waals surface area contributed by atoms with Gasteiger partial charge >= 0.3 is 0 Å². The maximum absolute atomic E-state index is 5.91. The summed E-state index contributed by atoms with van der Waals surface area (Å²) < 4.78 is 5.71. The molecule has 2 rings (SSSR count). The normalized spacial score (nSPS) is 10.3. The van der Waals surface area contributed by atoms with E-state index in [0.29, 0.717) is 16.7 Å². The van der Waals surface area contributed by atoms with E-state index in [9.17, 15) is 0 Å². The van der Waals surface area contributed by atoms with Gasteiger partial charge in [-0.05, 0) is 37.1 Å². The summed E-state index contributed by atoms with van der Waals surface area (Å²) in [6.07, 6.45) is 4.30. The van der Waals surface area contributed by atoms with Gasteiger partial charge in [0.15, 0.2) is 0 Å². The zero-order valence-corrected chi connectivity index (χ0v) is 11.7. The molecule has 1 aromatic heterocycles. The van der Waals surface area contributed by atoms with E-state index < -0.39 is 0 Å². The molecule has 0 saturated carbocycles. The molecule has 0 radical (unpaired) electrons. The summed E-state index contributed by atoms with van der Waals surface area (Å²) in [5, 5.41) is 3.86. The molecule has 19 heavy (non-hydrogen) atoms. The summed E-state index contributed by atoms with van der Waals surface area (Å²) in [6.45, 7) is 4.89. The predicted molar refractivity (Wildman–Crippen MR) is 77.1 cm³/mol. The molecule has 100 valence electrons. The van der Waals surface area contributed by atoms with Gasteiger partial charge in [-0.3, -0.25) is 4.98 Å². The third kappa shape index (κ3) is 3.83. The Morgan fingerprint density at radius 1 is 1.32 bits per heavy atom. The van der Waals surface area contributed by atoms with Gasteiger partial charge in [0.2, 0.25) is 5.88 Å². The molecule has 1 heterocycles. The second-order valence-corrected chi connectivity index (χ2v) is 4.62. The molecule has 5 heteroatoms. The highest BCUT2D eigenvalue weighted by molar-refractivity contribution is 6.30. The van der Waals surface area contributed by atoms with E-state index in [1.807, 2.05) is 19.1 Å². The molecule has 4 nitrogen and oxygen atoms in total. The van der Waals surface area contributed by atoms with Gasteiger partial charge in [0.1, 0.15) is 11.6 Å². The lowest BCUT2D eigenvalue weighted by atomic mass is 10.2. The van der Waals surface area contributed by atoms with Crippen LogP contribution in [0.15, 0.2) is 30.6 Å². The van der Waals surface area contributed by atoms with Crippen molar-refractivity contribution in [2.45, 2.75) is 20.3 Å². The molecule has 2 aromatic rings. The molecule has 0 aliphatic rings. The van der Waals surface area contributed by atoms with Crippen molar-refractivity contribution in [1.82, 2.24) is 9.97 Å². The van der Waals surface area contributed by atoms with Crippen molar-refractivity contribution in [2.75, 3.05) is 11.9 Å². The number of aromatic nitrogens is 2. The molecular weight excluding hydrogens is 262 g/mol. The second kappa shape index (κ2) is 6.38. The lowest BCUT2D eigenvalue weighted by Crippen LogP contribution is -2.03. The van der Waals surface area contributed by atoms with Crippen LogP contribution in [0.1, 0.15) is 18.9 Å². The van der Waals surface area contributed by atoms with Crippen molar-refractivity contribution < 1.29 is 4.74 Å². The van der Waals surface area contributed by atoms with Gasteiger partial charge in [0.05, 0.1) is 12.4 Å². The Bertz CT molecular complexity index is 560. The maximum Gasteiger partial charge on any atom is 0.239 e. The lowest BCUT2D eigenvalue weighted by Gasteiger charge is -2.09. The Hall–Kier alpha value is -1.81. The summed E-state index contributed by atoms with van der Waals surface area (Å²) >= 11 is 5.91. The number of halogens is 1. The summed E-state index contributed by atoms with van der Waals surface area (Å²) in [4.78, 5) is 8.45. The zero-order valence-electron chi connectivity index (χ0n) is 11.0. The fourth-order valence-electron chi connectivity index (χ4n) is 1.58. The van der Waals surface area contributed by atoms with E-state index in [-0.39, 0.29) is 0 Å². The van der Waals surface area contributed by atoms with E-state index in [1.54, 1.807) is 18.5 Å². The van der Waals surface area contributed by atoms with E-state index in [4.69, 9.17) is 16.3 Å². The standard InChI is InChI=1S/C14H16ClN3O/c1-3-6-17-13-8-16-9-14(18-13)19-12-5-4-11(15)7-10(12)2/h4-5,7-9H,3,6H2,1-2H3,(H,17,18). The van der Waals surface area contributed by atoms with Crippen molar-refractivity contribution in [3.8, 4) is 11.6 Å². The van der Waals surface area contributed by atoms with Gasteiger partial charge in [0, 0.05) is 11.6 Å². The Kier molecular flexibility index (Phi) is 4.58. The van der Waals surface area contributed by atoms with Crippen LogP contribution in [0.5, 0.6) is 11.6 Å². The SMILES string of the molecule is CCCNc1cncc(Oc2ccc(Cl)cc2C)n1. The van der Waals surface area contributed by atoms with Crippen molar-refractivity contribution in [3.05, 3.63) is 41.2 Å². The maximum atomic E-state index is 5.91. The molecular formula is C14H16ClN3O. The molecule has 1 N–H and O–H groups in total. The average molecular weight is 278 g/mol. The van der Waals surface area contributed by atoms with Crippen LogP contribution in [0.25, 0.3) is 0 Å². The Labute approximate surface area is 117 Å². The van der Waals surface area contributed by atoms with Crippen LogP contribution in [-0.2, 0) is 0 Å². The van der Waals surface area contributed by atoms with E-state index >= 15 is 0 Å². The van der Waals surface area contributed by atoms with Crippen LogP contribution >= 0.6 is 11.6 Å². The first-order valence-corrected chi connectivity index (χ1v) is 6.56. The largest absolute Gasteiger partial charge is 0.437 e. The van der Waals surface area contributed by atoms with Crippen molar-refractivity contribution in [3.63, 3.8) is 0 Å². The van der Waals surface area contributed by atoms with Crippen molar-refractivity contribution >= 4 is 17.4 Å². The van der Waals surface area contributed by atoms with Gasteiger partial charge in [-0.25, -0.2) is 0 Å². The summed E-state index contributed by atoms with van der Waals surface area (Å²) in [5.41, 5.74) is 0.959. The van der Waals surface area contributed by atoms with Gasteiger partial charge in [-0.15, -0.1) is 0 Å². The first kappa shape index (κ1) is 13.6. The number of hydrogen-bond acceptors (Lipinski definition) is 4. The molecule has 0 atom stereocenters. The molecule has 0 bridgehead atoms. The number of hydrogen-bond donors (Lipinski definition) is 1. The minimum atomic E-state index is 0.464. The number of benzene rings is 1. The number of rotatable bonds is 5. The fraction of sp³-hybridized carbons (Fsp3) is 0.286. The van der Waals surface area contributed by atoms with Gasteiger partial charge in [0.25, 0.3) is 0 Å². The van der Waals surface area contributed by atoms with Crippen LogP contribution < -0.4 is 10.1 Å². The molecule has 0 unspecified atom stereocenters. The van der Waals surface area contributed by atoms with Crippen LogP contribution in [-0.4, -0.2) is 16.5 Å². The van der Waals surface area contributed by atoms with Crippen molar-refractivity contribution in [2.24, 2.45) is 0 Å². The predicted octanol–water partition coefficient (Wildman–Crippen LogP) is 4.05. The molecule has 0 saturated heterocycles. The van der Waals surface area contributed by atoms with Crippen LogP contribution in [0.2, 0.25) is 5.02 Å². The molecule has 1 aromatic carbocycles. The van der Waals surface area contributed by atoms with Gasteiger partial charge < -0.3 is 10.1 Å². The highest BCUT2D eigenvalue weighted by Gasteiger charge is 2.04. The Morgan fingerprint density at radius 2 is 2.16 bits per heavy atom. The molecule has 0 aliphatic carbocycles. The number of nitrogens with zero attached hydrogens (tertiary/aromatic N) is 2.